The van der Waals surface area contributed by atoms with Crippen molar-refractivity contribution in [2.75, 3.05) is 7.05 Å². The van der Waals surface area contributed by atoms with E-state index >= 15 is 0 Å². The predicted octanol–water partition coefficient (Wildman–Crippen LogP) is 5.01. The van der Waals surface area contributed by atoms with Gasteiger partial charge in [0.15, 0.2) is 0 Å². The second kappa shape index (κ2) is 11.9. The Morgan fingerprint density at radius 3 is 2.48 bits per heavy atom. The Bertz CT molecular complexity index is 797. The average molecular weight is 470 g/mol. The Labute approximate surface area is 195 Å². The standard InChI is InChI=1S/C25H38F3N3O2/c1-6-7-9-18-15-21(31(5)16(2)3)12-13-22(18)30-23(32)17(4)29-24(33)19-10-8-11-20(14-19)25(26,27)28/h8,10-11,14,16-18,21-22H,6-7,9,12-13,15H2,1-5H3,(H,29,33)(H,30,32)/t17-,18+,21-,22+/m1/s1. The molecule has 1 aromatic carbocycles. The zero-order valence-electron chi connectivity index (χ0n) is 20.3. The second-order valence-electron chi connectivity index (χ2n) is 9.52. The maximum atomic E-state index is 12.9. The van der Waals surface area contributed by atoms with Gasteiger partial charge in [-0.3, -0.25) is 9.59 Å². The summed E-state index contributed by atoms with van der Waals surface area (Å²) in [6.07, 6.45) is 1.57. The molecule has 1 saturated carbocycles. The first kappa shape index (κ1) is 27.2. The zero-order chi connectivity index (χ0) is 24.8. The van der Waals surface area contributed by atoms with Gasteiger partial charge in [-0.1, -0.05) is 25.8 Å². The number of hydrogen-bond donors (Lipinski definition) is 2. The van der Waals surface area contributed by atoms with Crippen LogP contribution in [0.4, 0.5) is 13.2 Å². The molecular weight excluding hydrogens is 431 g/mol. The highest BCUT2D eigenvalue weighted by Crippen LogP contribution is 2.32. The molecule has 0 aliphatic heterocycles. The van der Waals surface area contributed by atoms with Crippen molar-refractivity contribution < 1.29 is 22.8 Å². The normalized spacial score (nSPS) is 22.3. The highest BCUT2D eigenvalue weighted by molar-refractivity contribution is 5.97. The van der Waals surface area contributed by atoms with E-state index in [1.54, 1.807) is 6.92 Å². The average Bonchev–Trinajstić information content (AvgIpc) is 2.77. The van der Waals surface area contributed by atoms with E-state index in [9.17, 15) is 22.8 Å². The highest BCUT2D eigenvalue weighted by Gasteiger charge is 2.34. The minimum absolute atomic E-state index is 0.0359. The first-order valence-electron chi connectivity index (χ1n) is 11.9. The van der Waals surface area contributed by atoms with Crippen LogP contribution in [-0.4, -0.2) is 47.9 Å². The lowest BCUT2D eigenvalue weighted by atomic mass is 9.78. The Morgan fingerprint density at radius 1 is 1.18 bits per heavy atom. The quantitative estimate of drug-likeness (QED) is 0.535. The van der Waals surface area contributed by atoms with Crippen LogP contribution in [0.5, 0.6) is 0 Å². The van der Waals surface area contributed by atoms with Crippen molar-refractivity contribution in [3.63, 3.8) is 0 Å². The molecule has 1 aromatic rings. The summed E-state index contributed by atoms with van der Waals surface area (Å²) in [7, 11) is 2.15. The molecule has 0 aromatic heterocycles. The third-order valence-corrected chi connectivity index (χ3v) is 6.79. The van der Waals surface area contributed by atoms with Gasteiger partial charge in [-0.25, -0.2) is 0 Å². The summed E-state index contributed by atoms with van der Waals surface area (Å²) in [6.45, 7) is 8.08. The predicted molar refractivity (Wildman–Crippen MR) is 124 cm³/mol. The molecule has 5 nitrogen and oxygen atoms in total. The number of hydrogen-bond acceptors (Lipinski definition) is 3. The van der Waals surface area contributed by atoms with E-state index in [0.717, 1.165) is 50.7 Å². The van der Waals surface area contributed by atoms with Gasteiger partial charge in [-0.05, 0) is 77.6 Å². The highest BCUT2D eigenvalue weighted by atomic mass is 19.4. The molecule has 0 spiro atoms. The van der Waals surface area contributed by atoms with Crippen LogP contribution < -0.4 is 10.6 Å². The van der Waals surface area contributed by atoms with Gasteiger partial charge in [-0.2, -0.15) is 13.2 Å². The van der Waals surface area contributed by atoms with Gasteiger partial charge in [0.2, 0.25) is 5.91 Å². The van der Waals surface area contributed by atoms with Crippen LogP contribution in [0.25, 0.3) is 0 Å². The topological polar surface area (TPSA) is 61.4 Å². The fraction of sp³-hybridized carbons (Fsp3) is 0.680. The number of nitrogens with one attached hydrogen (secondary N) is 2. The molecule has 0 radical (unpaired) electrons. The monoisotopic (exact) mass is 469 g/mol. The summed E-state index contributed by atoms with van der Waals surface area (Å²) in [4.78, 5) is 27.7. The first-order chi connectivity index (χ1) is 15.4. The second-order valence-corrected chi connectivity index (χ2v) is 9.52. The van der Waals surface area contributed by atoms with Crippen LogP contribution in [-0.2, 0) is 11.0 Å². The third kappa shape index (κ3) is 7.73. The van der Waals surface area contributed by atoms with E-state index in [1.807, 2.05) is 0 Å². The summed E-state index contributed by atoms with van der Waals surface area (Å²) in [5, 5.41) is 5.64. The lowest BCUT2D eigenvalue weighted by Crippen LogP contribution is -2.53. The van der Waals surface area contributed by atoms with Gasteiger partial charge in [0, 0.05) is 23.7 Å². The number of amides is 2. The van der Waals surface area contributed by atoms with E-state index in [1.165, 1.54) is 12.1 Å². The molecule has 1 aliphatic carbocycles. The number of carbonyl (C=O) groups excluding carboxylic acids is 2. The van der Waals surface area contributed by atoms with E-state index in [-0.39, 0.29) is 17.5 Å². The molecule has 0 bridgehead atoms. The molecule has 0 saturated heterocycles. The van der Waals surface area contributed by atoms with Gasteiger partial charge in [0.1, 0.15) is 6.04 Å². The molecule has 2 amide bonds. The largest absolute Gasteiger partial charge is 0.416 e. The fourth-order valence-corrected chi connectivity index (χ4v) is 4.50. The van der Waals surface area contributed by atoms with Crippen molar-refractivity contribution in [2.24, 2.45) is 5.92 Å². The molecule has 2 rings (SSSR count). The van der Waals surface area contributed by atoms with Gasteiger partial charge in [0.25, 0.3) is 5.91 Å². The molecule has 2 N–H and O–H groups in total. The number of carbonyl (C=O) groups is 2. The summed E-state index contributed by atoms with van der Waals surface area (Å²) < 4.78 is 38.8. The molecule has 0 heterocycles. The Balaban J connectivity index is 2.00. The van der Waals surface area contributed by atoms with Crippen molar-refractivity contribution >= 4 is 11.8 Å². The lowest BCUT2D eigenvalue weighted by Gasteiger charge is -2.42. The van der Waals surface area contributed by atoms with Crippen LogP contribution in [0.1, 0.15) is 82.1 Å². The number of rotatable bonds is 9. The minimum Gasteiger partial charge on any atom is -0.351 e. The Morgan fingerprint density at radius 2 is 1.88 bits per heavy atom. The summed E-state index contributed by atoms with van der Waals surface area (Å²) in [5.41, 5.74) is -1.02. The van der Waals surface area contributed by atoms with Crippen LogP contribution >= 0.6 is 0 Å². The molecule has 1 fully saturated rings. The molecular formula is C25H38F3N3O2. The van der Waals surface area contributed by atoms with Crippen molar-refractivity contribution in [1.29, 1.82) is 0 Å². The zero-order valence-corrected chi connectivity index (χ0v) is 20.3. The van der Waals surface area contributed by atoms with Gasteiger partial charge < -0.3 is 15.5 Å². The summed E-state index contributed by atoms with van der Waals surface area (Å²) in [6, 6.07) is 4.33. The van der Waals surface area contributed by atoms with E-state index in [0.29, 0.717) is 18.0 Å². The molecule has 8 heteroatoms. The molecule has 4 atom stereocenters. The van der Waals surface area contributed by atoms with Gasteiger partial charge >= 0.3 is 6.18 Å². The minimum atomic E-state index is -4.53. The fourth-order valence-electron chi connectivity index (χ4n) is 4.50. The van der Waals surface area contributed by atoms with Crippen molar-refractivity contribution in [1.82, 2.24) is 15.5 Å². The van der Waals surface area contributed by atoms with Crippen LogP contribution in [0.15, 0.2) is 24.3 Å². The van der Waals surface area contributed by atoms with E-state index < -0.39 is 23.7 Å². The van der Waals surface area contributed by atoms with Crippen molar-refractivity contribution in [3.05, 3.63) is 35.4 Å². The van der Waals surface area contributed by atoms with Gasteiger partial charge in [-0.15, -0.1) is 0 Å². The molecule has 186 valence electrons. The number of alkyl halides is 3. The number of benzene rings is 1. The lowest BCUT2D eigenvalue weighted by molar-refractivity contribution is -0.137. The number of unbranched alkanes of at least 4 members (excludes halogenated alkanes) is 1. The molecule has 33 heavy (non-hydrogen) atoms. The third-order valence-electron chi connectivity index (χ3n) is 6.79. The summed E-state index contributed by atoms with van der Waals surface area (Å²) in [5.74, 6) is -0.647. The smallest absolute Gasteiger partial charge is 0.351 e. The van der Waals surface area contributed by atoms with Crippen molar-refractivity contribution in [3.8, 4) is 0 Å². The van der Waals surface area contributed by atoms with Crippen LogP contribution in [0.3, 0.4) is 0 Å². The number of halogens is 3. The van der Waals surface area contributed by atoms with Gasteiger partial charge in [0.05, 0.1) is 5.56 Å². The van der Waals surface area contributed by atoms with Crippen LogP contribution in [0, 0.1) is 5.92 Å². The summed E-state index contributed by atoms with van der Waals surface area (Å²) >= 11 is 0. The van der Waals surface area contributed by atoms with E-state index in [2.05, 4.69) is 43.4 Å². The molecule has 1 aliphatic rings. The maximum Gasteiger partial charge on any atom is 0.416 e. The maximum absolute atomic E-state index is 12.9. The number of nitrogens with zero attached hydrogens (tertiary/aromatic N) is 1. The SMILES string of the molecule is CCCC[C@H]1C[C@H](N(C)C(C)C)CC[C@@H]1NC(=O)[C@@H](C)NC(=O)c1cccc(C(F)(F)F)c1. The Kier molecular flexibility index (Phi) is 9.76. The molecule has 0 unspecified atom stereocenters. The van der Waals surface area contributed by atoms with Crippen LogP contribution in [0.2, 0.25) is 0 Å². The Hall–Kier alpha value is -2.09. The van der Waals surface area contributed by atoms with E-state index in [4.69, 9.17) is 0 Å². The van der Waals surface area contributed by atoms with Crippen molar-refractivity contribution in [2.45, 2.75) is 96.6 Å². The first-order valence-corrected chi connectivity index (χ1v) is 11.9.